The normalized spacial score (nSPS) is 10.8. The molecule has 4 nitrogen and oxygen atoms in total. The van der Waals surface area contributed by atoms with Crippen molar-refractivity contribution in [2.75, 3.05) is 0 Å². The molecule has 0 rings (SSSR count). The smallest absolute Gasteiger partial charge is 0.658 e. The summed E-state index contributed by atoms with van der Waals surface area (Å²) in [5.41, 5.74) is 0. The molecule has 176 valence electrons. The predicted octanol–water partition coefficient (Wildman–Crippen LogP) is 8.71. The minimum Gasteiger partial charge on any atom is -0.658 e. The average molecular weight is 492 g/mol. The molecule has 0 unspecified atom stereocenters. The average Bonchev–Trinajstić information content (AvgIpc) is 2.32. The van der Waals surface area contributed by atoms with Gasteiger partial charge < -0.3 is 21.3 Å². The molecule has 0 aliphatic heterocycles. The molecule has 0 N–H and O–H groups in total. The van der Waals surface area contributed by atoms with Crippen LogP contribution in [0.4, 0.5) is 0 Å². The van der Waals surface area contributed by atoms with Crippen LogP contribution in [-0.2, 0) is 26.2 Å². The Kier molecular flexibility index (Phi) is 37.0. The predicted molar refractivity (Wildman–Crippen MR) is 135 cm³/mol. The molecule has 0 atom stereocenters. The van der Waals surface area contributed by atoms with E-state index in [0.29, 0.717) is 48.3 Å². The Bertz CT molecular complexity index is 196. The van der Waals surface area contributed by atoms with Gasteiger partial charge in [-0.25, -0.2) is 0 Å². The zero-order valence-corrected chi connectivity index (χ0v) is 25.4. The van der Waals surface area contributed by atoms with Gasteiger partial charge in [-0.3, -0.25) is 0 Å². The van der Waals surface area contributed by atoms with E-state index in [1.165, 1.54) is 0 Å². The first-order valence-corrected chi connectivity index (χ1v) is 11.3. The Balaban J connectivity index is -0.0000000873. The molecule has 5 heteroatoms. The molecule has 29 heavy (non-hydrogen) atoms. The monoisotopic (exact) mass is 490 g/mol. The molecule has 0 heterocycles. The molecule has 0 saturated heterocycles. The second-order valence-electron chi connectivity index (χ2n) is 9.35. The van der Waals surface area contributed by atoms with Crippen molar-refractivity contribution in [1.82, 2.24) is 0 Å². The van der Waals surface area contributed by atoms with Gasteiger partial charge in [0.25, 0.3) is 0 Å². The van der Waals surface area contributed by atoms with Gasteiger partial charge in [-0.15, -0.1) is 48.3 Å². The number of nitrogens with zero attached hydrogens (tertiary/aromatic N) is 4. The van der Waals surface area contributed by atoms with Crippen molar-refractivity contribution in [3.8, 4) is 0 Å². The summed E-state index contributed by atoms with van der Waals surface area (Å²) in [7, 11) is 0. The van der Waals surface area contributed by atoms with Crippen LogP contribution >= 0.6 is 0 Å². The van der Waals surface area contributed by atoms with E-state index in [-0.39, 0.29) is 26.2 Å². The second kappa shape index (κ2) is 26.8. The minimum atomic E-state index is 0. The van der Waals surface area contributed by atoms with Gasteiger partial charge in [0.2, 0.25) is 0 Å². The van der Waals surface area contributed by atoms with Gasteiger partial charge in [0.05, 0.1) is 0 Å². The Hall–Kier alpha value is 0.723. The molecule has 0 aliphatic rings. The quantitative estimate of drug-likeness (QED) is 0.326. The van der Waals surface area contributed by atoms with E-state index in [2.05, 4.69) is 132 Å². The van der Waals surface area contributed by atoms with Crippen molar-refractivity contribution in [1.29, 1.82) is 0 Å². The zero-order valence-electron chi connectivity index (χ0n) is 22.9. The van der Waals surface area contributed by atoms with Crippen LogP contribution < -0.4 is 0 Å². The topological polar surface area (TPSA) is 56.4 Å². The maximum Gasteiger partial charge on any atom is 4.00 e. The summed E-state index contributed by atoms with van der Waals surface area (Å²) < 4.78 is 0. The van der Waals surface area contributed by atoms with E-state index in [0.717, 1.165) is 0 Å². The van der Waals surface area contributed by atoms with Crippen LogP contribution in [0.5, 0.6) is 0 Å². The summed E-state index contributed by atoms with van der Waals surface area (Å²) in [6.07, 6.45) is 0. The number of hydrogen-bond acceptors (Lipinski definition) is 0. The fourth-order valence-electron chi connectivity index (χ4n) is 2.39. The second-order valence-corrected chi connectivity index (χ2v) is 9.35. The van der Waals surface area contributed by atoms with E-state index in [4.69, 9.17) is 0 Å². The van der Waals surface area contributed by atoms with Gasteiger partial charge in [-0.1, -0.05) is 111 Å². The first-order valence-electron chi connectivity index (χ1n) is 11.3. The van der Waals surface area contributed by atoms with Crippen LogP contribution in [-0.4, -0.2) is 48.3 Å². The molecule has 0 fully saturated rings. The molecule has 0 aromatic heterocycles. The molecule has 0 aromatic rings. The van der Waals surface area contributed by atoms with E-state index in [1.54, 1.807) is 0 Å². The van der Waals surface area contributed by atoms with Gasteiger partial charge in [-0.2, -0.15) is 0 Å². The van der Waals surface area contributed by atoms with Crippen molar-refractivity contribution in [2.24, 2.45) is 0 Å². The van der Waals surface area contributed by atoms with E-state index in [1.807, 2.05) is 0 Å². The maximum absolute atomic E-state index is 4.28. The van der Waals surface area contributed by atoms with Crippen molar-refractivity contribution in [3.05, 3.63) is 21.3 Å². The molecular formula is C24H56N4Zr. The third kappa shape index (κ3) is 73.3. The molecule has 0 amide bonds. The first-order chi connectivity index (χ1) is 12.5. The van der Waals surface area contributed by atoms with Crippen LogP contribution in [0, 0.1) is 0 Å². The Morgan fingerprint density at radius 3 is 0.310 bits per heavy atom. The van der Waals surface area contributed by atoms with Gasteiger partial charge >= 0.3 is 26.2 Å². The fraction of sp³-hybridized carbons (Fsp3) is 1.00. The minimum absolute atomic E-state index is 0. The van der Waals surface area contributed by atoms with Crippen molar-refractivity contribution < 1.29 is 26.2 Å². The SMILES string of the molecule is CC(C)[N-]C(C)C.CC(C)[N-]C(C)C.CC(C)[N-]C(C)C.CC(C)[N-]C(C)C.[Zr+4]. The zero-order chi connectivity index (χ0) is 23.4. The Morgan fingerprint density at radius 1 is 0.241 bits per heavy atom. The fourth-order valence-corrected chi connectivity index (χ4v) is 2.39. The van der Waals surface area contributed by atoms with Crippen molar-refractivity contribution >= 4 is 0 Å². The first kappa shape index (κ1) is 40.1. The van der Waals surface area contributed by atoms with Crippen LogP contribution in [0.3, 0.4) is 0 Å². The largest absolute Gasteiger partial charge is 4.00 e. The molecular weight excluding hydrogens is 436 g/mol. The standard InChI is InChI=1S/4C6H14N.Zr/c4*1-5(2)7-6(3)4;/h4*5-6H,1-4H3;/q4*-1;+4. The van der Waals surface area contributed by atoms with Gasteiger partial charge in [-0.05, 0) is 0 Å². The third-order valence-corrected chi connectivity index (χ3v) is 2.39. The molecule has 0 bridgehead atoms. The molecule has 0 aromatic carbocycles. The van der Waals surface area contributed by atoms with Crippen LogP contribution in [0.2, 0.25) is 0 Å². The molecule has 0 spiro atoms. The summed E-state index contributed by atoms with van der Waals surface area (Å²) in [4.78, 5) is 0. The van der Waals surface area contributed by atoms with Crippen molar-refractivity contribution in [3.63, 3.8) is 0 Å². The summed E-state index contributed by atoms with van der Waals surface area (Å²) in [5.74, 6) is 0. The number of hydrogen-bond donors (Lipinski definition) is 0. The summed E-state index contributed by atoms with van der Waals surface area (Å²) in [6, 6.07) is 4.00. The third-order valence-electron chi connectivity index (χ3n) is 2.39. The van der Waals surface area contributed by atoms with E-state index >= 15 is 0 Å². The Labute approximate surface area is 206 Å². The van der Waals surface area contributed by atoms with E-state index in [9.17, 15) is 0 Å². The van der Waals surface area contributed by atoms with Crippen LogP contribution in [0.25, 0.3) is 21.3 Å². The van der Waals surface area contributed by atoms with Crippen LogP contribution in [0.1, 0.15) is 111 Å². The van der Waals surface area contributed by atoms with E-state index < -0.39 is 0 Å². The summed E-state index contributed by atoms with van der Waals surface area (Å²) in [5, 5.41) is 17.1. The van der Waals surface area contributed by atoms with Crippen molar-refractivity contribution in [2.45, 2.75) is 159 Å². The van der Waals surface area contributed by atoms with Crippen LogP contribution in [0.15, 0.2) is 0 Å². The molecule has 0 saturated carbocycles. The van der Waals surface area contributed by atoms with Gasteiger partial charge in [0.1, 0.15) is 0 Å². The maximum atomic E-state index is 4.28. The Morgan fingerprint density at radius 2 is 0.310 bits per heavy atom. The van der Waals surface area contributed by atoms with Gasteiger partial charge in [0.15, 0.2) is 0 Å². The van der Waals surface area contributed by atoms with Gasteiger partial charge in [0, 0.05) is 0 Å². The molecule has 0 radical (unpaired) electrons. The number of rotatable bonds is 8. The summed E-state index contributed by atoms with van der Waals surface area (Å²) >= 11 is 0. The molecule has 0 aliphatic carbocycles. The summed E-state index contributed by atoms with van der Waals surface area (Å²) in [6.45, 7) is 33.6.